The van der Waals surface area contributed by atoms with Crippen molar-refractivity contribution in [2.75, 3.05) is 23.3 Å². The Hall–Kier alpha value is -3.16. The first-order valence-electron chi connectivity index (χ1n) is 9.43. The molecular weight excluding hydrogens is 358 g/mol. The summed E-state index contributed by atoms with van der Waals surface area (Å²) >= 11 is 0. The second-order valence-corrected chi connectivity index (χ2v) is 7.09. The van der Waals surface area contributed by atoms with Crippen LogP contribution >= 0.6 is 0 Å². The summed E-state index contributed by atoms with van der Waals surface area (Å²) in [5.74, 6) is 1.10. The van der Waals surface area contributed by atoms with Gasteiger partial charge >= 0.3 is 0 Å². The number of hydrogen-bond donors (Lipinski definition) is 1. The predicted molar refractivity (Wildman–Crippen MR) is 104 cm³/mol. The Morgan fingerprint density at radius 1 is 1.39 bits per heavy atom. The molecule has 0 aromatic carbocycles. The van der Waals surface area contributed by atoms with Gasteiger partial charge in [0.05, 0.1) is 36.1 Å². The fraction of sp³-hybridized carbons (Fsp3) is 0.400. The van der Waals surface area contributed by atoms with Gasteiger partial charge in [-0.05, 0) is 26.3 Å². The zero-order chi connectivity index (χ0) is 19.8. The van der Waals surface area contributed by atoms with Crippen molar-refractivity contribution in [3.63, 3.8) is 0 Å². The van der Waals surface area contributed by atoms with Gasteiger partial charge in [-0.1, -0.05) is 24.2 Å². The minimum Gasteiger partial charge on any atom is -0.361 e. The molecule has 8 nitrogen and oxygen atoms in total. The number of fused-ring (bicyclic) bond motifs is 1. The molecule has 2 aliphatic heterocycles. The number of aryl methyl sites for hydroxylation is 2. The second kappa shape index (κ2) is 7.10. The molecule has 8 heteroatoms. The van der Waals surface area contributed by atoms with E-state index >= 15 is 0 Å². The first kappa shape index (κ1) is 18.2. The van der Waals surface area contributed by atoms with E-state index in [1.165, 1.54) is 0 Å². The number of anilines is 2. The van der Waals surface area contributed by atoms with Gasteiger partial charge in [0.15, 0.2) is 5.82 Å². The van der Waals surface area contributed by atoms with E-state index in [1.54, 1.807) is 17.2 Å². The maximum absolute atomic E-state index is 13.0. The van der Waals surface area contributed by atoms with E-state index in [-0.39, 0.29) is 24.4 Å². The lowest BCUT2D eigenvalue weighted by Crippen LogP contribution is -2.40. The van der Waals surface area contributed by atoms with Gasteiger partial charge in [0.2, 0.25) is 5.91 Å². The highest BCUT2D eigenvalue weighted by Gasteiger charge is 2.30. The maximum Gasteiger partial charge on any atom is 0.256 e. The Morgan fingerprint density at radius 3 is 2.93 bits per heavy atom. The largest absolute Gasteiger partial charge is 0.361 e. The van der Waals surface area contributed by atoms with Gasteiger partial charge in [0.25, 0.3) is 5.91 Å². The smallest absolute Gasteiger partial charge is 0.256 e. The number of carbonyl (C=O) groups is 2. The second-order valence-electron chi connectivity index (χ2n) is 7.09. The van der Waals surface area contributed by atoms with E-state index in [1.807, 2.05) is 24.8 Å². The van der Waals surface area contributed by atoms with Crippen LogP contribution in [0, 0.1) is 13.8 Å². The minimum atomic E-state index is -0.0897. The van der Waals surface area contributed by atoms with Crippen molar-refractivity contribution < 1.29 is 14.1 Å². The van der Waals surface area contributed by atoms with Crippen molar-refractivity contribution in [3.05, 3.63) is 47.0 Å². The monoisotopic (exact) mass is 381 g/mol. The Bertz CT molecular complexity index is 945. The van der Waals surface area contributed by atoms with Gasteiger partial charge in [-0.3, -0.25) is 9.59 Å². The number of pyridine rings is 1. The molecule has 0 spiro atoms. The molecule has 2 amide bonds. The van der Waals surface area contributed by atoms with Crippen LogP contribution in [0.4, 0.5) is 11.5 Å². The van der Waals surface area contributed by atoms with Crippen molar-refractivity contribution in [1.29, 1.82) is 0 Å². The van der Waals surface area contributed by atoms with Crippen LogP contribution in [0.3, 0.4) is 0 Å². The summed E-state index contributed by atoms with van der Waals surface area (Å²) < 4.78 is 5.23. The number of nitrogens with one attached hydrogen (secondary N) is 1. The topological polar surface area (TPSA) is 91.6 Å². The van der Waals surface area contributed by atoms with E-state index in [4.69, 9.17) is 4.52 Å². The number of carbonyl (C=O) groups excluding carboxylic acids is 2. The average molecular weight is 381 g/mol. The molecule has 0 bridgehead atoms. The predicted octanol–water partition coefficient (Wildman–Crippen LogP) is 2.44. The van der Waals surface area contributed by atoms with E-state index in [9.17, 15) is 9.59 Å². The summed E-state index contributed by atoms with van der Waals surface area (Å²) in [6.07, 6.45) is 6.49. The van der Waals surface area contributed by atoms with Crippen LogP contribution in [-0.2, 0) is 11.3 Å². The molecule has 0 saturated carbocycles. The molecule has 1 atom stereocenters. The van der Waals surface area contributed by atoms with E-state index in [0.717, 1.165) is 17.7 Å². The third-order valence-corrected chi connectivity index (χ3v) is 5.35. The Balaban J connectivity index is 1.67. The van der Waals surface area contributed by atoms with Gasteiger partial charge in [-0.25, -0.2) is 4.98 Å². The van der Waals surface area contributed by atoms with Crippen LogP contribution in [0.5, 0.6) is 0 Å². The zero-order valence-electron chi connectivity index (χ0n) is 16.2. The summed E-state index contributed by atoms with van der Waals surface area (Å²) in [6, 6.07) is 1.85. The highest BCUT2D eigenvalue weighted by atomic mass is 16.5. The zero-order valence-corrected chi connectivity index (χ0v) is 16.2. The van der Waals surface area contributed by atoms with Crippen molar-refractivity contribution in [1.82, 2.24) is 15.0 Å². The number of hydrogen-bond acceptors (Lipinski definition) is 6. The van der Waals surface area contributed by atoms with Crippen molar-refractivity contribution >= 4 is 23.3 Å². The quantitative estimate of drug-likeness (QED) is 0.818. The van der Waals surface area contributed by atoms with Crippen LogP contribution < -0.4 is 10.2 Å². The molecule has 0 aliphatic carbocycles. The fourth-order valence-corrected chi connectivity index (χ4v) is 3.69. The molecule has 146 valence electrons. The summed E-state index contributed by atoms with van der Waals surface area (Å²) in [7, 11) is 0. The number of aromatic nitrogens is 2. The molecule has 2 aromatic heterocycles. The molecule has 1 unspecified atom stereocenters. The fourth-order valence-electron chi connectivity index (χ4n) is 3.69. The van der Waals surface area contributed by atoms with E-state index in [0.29, 0.717) is 35.9 Å². The Morgan fingerprint density at radius 2 is 2.21 bits per heavy atom. The van der Waals surface area contributed by atoms with Crippen LogP contribution in [-0.4, -0.2) is 46.0 Å². The van der Waals surface area contributed by atoms with E-state index < -0.39 is 0 Å². The van der Waals surface area contributed by atoms with Crippen molar-refractivity contribution in [3.8, 4) is 0 Å². The van der Waals surface area contributed by atoms with Gasteiger partial charge in [0.1, 0.15) is 5.76 Å². The lowest BCUT2D eigenvalue weighted by molar-refractivity contribution is -0.117. The van der Waals surface area contributed by atoms with Crippen LogP contribution in [0.2, 0.25) is 0 Å². The van der Waals surface area contributed by atoms with E-state index in [2.05, 4.69) is 28.5 Å². The lowest BCUT2D eigenvalue weighted by atomic mass is 10.1. The minimum absolute atomic E-state index is 0.0811. The summed E-state index contributed by atoms with van der Waals surface area (Å²) in [6.45, 7) is 6.81. The Kier molecular flexibility index (Phi) is 4.62. The van der Waals surface area contributed by atoms with Crippen LogP contribution in [0.1, 0.15) is 40.7 Å². The molecule has 4 heterocycles. The maximum atomic E-state index is 13.0. The summed E-state index contributed by atoms with van der Waals surface area (Å²) in [4.78, 5) is 33.5. The molecular formula is C20H23N5O3. The van der Waals surface area contributed by atoms with Gasteiger partial charge in [-0.15, -0.1) is 0 Å². The average Bonchev–Trinajstić information content (AvgIpc) is 3.30. The van der Waals surface area contributed by atoms with Crippen molar-refractivity contribution in [2.24, 2.45) is 0 Å². The molecule has 0 saturated heterocycles. The summed E-state index contributed by atoms with van der Waals surface area (Å²) in [5, 5.41) is 6.99. The highest BCUT2D eigenvalue weighted by Crippen LogP contribution is 2.31. The molecule has 28 heavy (non-hydrogen) atoms. The first-order valence-corrected chi connectivity index (χ1v) is 9.43. The highest BCUT2D eigenvalue weighted by molar-refractivity contribution is 6.04. The molecule has 0 radical (unpaired) electrons. The number of amides is 2. The molecule has 1 N–H and O–H groups in total. The summed E-state index contributed by atoms with van der Waals surface area (Å²) in [5.41, 5.74) is 2.69. The third kappa shape index (κ3) is 3.04. The van der Waals surface area contributed by atoms with Crippen molar-refractivity contribution in [2.45, 2.75) is 39.8 Å². The first-order chi connectivity index (χ1) is 13.5. The Labute approximate surface area is 163 Å². The molecule has 0 fully saturated rings. The van der Waals surface area contributed by atoms with Gasteiger partial charge in [0, 0.05) is 18.3 Å². The normalized spacial score (nSPS) is 18.4. The standard InChI is InChI=1S/C20H23N5O3/c1-4-15-6-5-7-24(15)20(27)14-8-17-19(21-9-14)22-10-18(26)25(17)11-16-12(2)23-28-13(16)3/h5-6,8-9,15H,4,7,10-11H2,1-3H3,(H,21,22). The molecule has 4 rings (SSSR count). The lowest BCUT2D eigenvalue weighted by Gasteiger charge is -2.30. The van der Waals surface area contributed by atoms with Crippen LogP contribution in [0.15, 0.2) is 28.9 Å². The van der Waals surface area contributed by atoms with Gasteiger partial charge in [-0.2, -0.15) is 0 Å². The molecule has 2 aliphatic rings. The SMILES string of the molecule is CCC1C=CCN1C(=O)c1cnc2c(c1)N(Cc1c(C)noc1C)C(=O)CN2. The van der Waals surface area contributed by atoms with Crippen LogP contribution in [0.25, 0.3) is 0 Å². The van der Waals surface area contributed by atoms with Gasteiger partial charge < -0.3 is 19.6 Å². The number of rotatable bonds is 4. The third-order valence-electron chi connectivity index (χ3n) is 5.35. The molecule has 2 aromatic rings. The number of nitrogens with zero attached hydrogens (tertiary/aromatic N) is 4.